The lowest BCUT2D eigenvalue weighted by Crippen LogP contribution is -2.00. The summed E-state index contributed by atoms with van der Waals surface area (Å²) in [6.45, 7) is 0. The summed E-state index contributed by atoms with van der Waals surface area (Å²) in [6, 6.07) is 157. The molecule has 0 spiro atoms. The van der Waals surface area contributed by atoms with Crippen molar-refractivity contribution in [1.29, 1.82) is 0 Å². The molecule has 6 heterocycles. The maximum Gasteiger partial charge on any atom is 0.164 e. The van der Waals surface area contributed by atoms with E-state index in [2.05, 4.69) is 328 Å². The molecule has 0 aliphatic rings. The van der Waals surface area contributed by atoms with Gasteiger partial charge in [-0.2, -0.15) is 0 Å². The van der Waals surface area contributed by atoms with Gasteiger partial charge in [0.05, 0.1) is 0 Å². The molecule has 0 amide bonds. The van der Waals surface area contributed by atoms with E-state index in [1.54, 1.807) is 0 Å². The third-order valence-electron chi connectivity index (χ3n) is 25.5. The Morgan fingerprint density at radius 2 is 0.356 bits per heavy atom. The maximum atomic E-state index is 6.30. The zero-order valence-corrected chi connectivity index (χ0v) is 72.6. The molecule has 0 saturated carbocycles. The fraction of sp³-hybridized carbons (Fsp3) is 0. The van der Waals surface area contributed by atoms with Crippen LogP contribution in [0.3, 0.4) is 0 Å². The zero-order valence-electron chi connectivity index (χ0n) is 72.6. The number of hydrogen-bond donors (Lipinski definition) is 0. The van der Waals surface area contributed by atoms with E-state index in [4.69, 9.17) is 58.1 Å². The molecule has 12 heteroatoms. The number of para-hydroxylation sites is 3. The van der Waals surface area contributed by atoms with Crippen molar-refractivity contribution in [2.45, 2.75) is 0 Å². The Labute approximate surface area is 774 Å². The molecule has 6 aromatic heterocycles. The molecular weight excluding hydrogens is 1650 g/mol. The zero-order chi connectivity index (χ0) is 89.2. The van der Waals surface area contributed by atoms with Crippen molar-refractivity contribution in [3.63, 3.8) is 0 Å². The molecule has 27 aromatic rings. The molecule has 630 valence electrons. The van der Waals surface area contributed by atoms with Gasteiger partial charge in [-0.05, 0) is 195 Å². The van der Waals surface area contributed by atoms with Crippen LogP contribution in [0.4, 0.5) is 0 Å². The monoisotopic (exact) mass is 1730 g/mol. The first kappa shape index (κ1) is 78.8. The highest BCUT2D eigenvalue weighted by Crippen LogP contribution is 2.43. The van der Waals surface area contributed by atoms with Crippen LogP contribution < -0.4 is 0 Å². The van der Waals surface area contributed by atoms with Crippen LogP contribution in [-0.4, -0.2) is 44.9 Å². The van der Waals surface area contributed by atoms with Gasteiger partial charge in [0.1, 0.15) is 33.5 Å². The van der Waals surface area contributed by atoms with Crippen molar-refractivity contribution >= 4 is 130 Å². The predicted octanol–water partition coefficient (Wildman–Crippen LogP) is 32.2. The molecule has 0 aliphatic heterocycles. The van der Waals surface area contributed by atoms with E-state index in [1.807, 2.05) is 127 Å². The van der Waals surface area contributed by atoms with Crippen molar-refractivity contribution in [2.24, 2.45) is 0 Å². The largest absolute Gasteiger partial charge is 0.456 e. The van der Waals surface area contributed by atoms with E-state index in [-0.39, 0.29) is 0 Å². The van der Waals surface area contributed by atoms with E-state index in [0.29, 0.717) is 52.4 Å². The number of furan rings is 3. The summed E-state index contributed by atoms with van der Waals surface area (Å²) in [7, 11) is 0. The lowest BCUT2D eigenvalue weighted by atomic mass is 9.94. The summed E-state index contributed by atoms with van der Waals surface area (Å²) < 4.78 is 18.4. The molecule has 0 radical (unpaired) electrons. The van der Waals surface area contributed by atoms with Crippen LogP contribution in [0.25, 0.3) is 266 Å². The average molecular weight is 1730 g/mol. The quantitative estimate of drug-likeness (QED) is 0.114. The Balaban J connectivity index is 0.000000108. The molecule has 0 fully saturated rings. The predicted molar refractivity (Wildman–Crippen MR) is 552 cm³/mol. The Kier molecular flexibility index (Phi) is 19.6. The topological polar surface area (TPSA) is 155 Å². The van der Waals surface area contributed by atoms with Gasteiger partial charge >= 0.3 is 0 Å². The van der Waals surface area contributed by atoms with E-state index < -0.39 is 0 Å². The highest BCUT2D eigenvalue weighted by Gasteiger charge is 2.22. The van der Waals surface area contributed by atoms with E-state index >= 15 is 0 Å². The van der Waals surface area contributed by atoms with Crippen LogP contribution in [0.2, 0.25) is 0 Å². The van der Waals surface area contributed by atoms with Crippen LogP contribution >= 0.6 is 0 Å². The van der Waals surface area contributed by atoms with Gasteiger partial charge in [-0.3, -0.25) is 0 Å². The summed E-state index contributed by atoms with van der Waals surface area (Å²) in [6.07, 6.45) is 0. The fourth-order valence-corrected chi connectivity index (χ4v) is 18.7. The number of nitrogens with zero attached hydrogens (tertiary/aromatic N) is 9. The first-order valence-corrected chi connectivity index (χ1v) is 45.1. The second kappa shape index (κ2) is 33.6. The molecule has 0 aliphatic carbocycles. The van der Waals surface area contributed by atoms with Crippen LogP contribution in [-0.2, 0) is 0 Å². The molecule has 12 nitrogen and oxygen atoms in total. The molecule has 0 bridgehead atoms. The Morgan fingerprint density at radius 3 is 0.756 bits per heavy atom. The molecule has 0 unspecified atom stereocenters. The number of hydrogen-bond acceptors (Lipinski definition) is 12. The van der Waals surface area contributed by atoms with Crippen molar-refractivity contribution < 1.29 is 13.3 Å². The first-order valence-electron chi connectivity index (χ1n) is 45.1. The standard InChI is InChI=1S/C45H27N3O.C41H25N3O.C37H23N3O/c1-3-11-30-23-34(19-17-28(30)9-1)43-46-44(35-20-18-29-10-2-4-12-31(29)24-35)48-45(47-43)36-25-32-13-5-6-14-37(32)40(26-36)33-21-22-39-38-15-7-8-16-41(38)49-42(39)27-33;1-2-10-27(11-3-1)39-42-40(31-18-17-26-9-4-5-12-28(26)23-31)44-41(43-39)32-19-21-34-29(24-32)13-8-15-33(34)30-20-22-38-36(25-30)35-14-6-7-16-37(35)45-38;1-3-10-24(11-4-1)35-38-36(25-12-5-2-6-13-25)40-37(39-35)28-18-20-30-26(22-28)14-9-16-29(30)27-19-21-34-32(23-27)31-15-7-8-17-33(31)41-34/h1-27H;1-25H;1-23H. The van der Waals surface area contributed by atoms with Gasteiger partial charge in [0.25, 0.3) is 0 Å². The van der Waals surface area contributed by atoms with E-state index in [1.165, 1.54) is 38.1 Å². The van der Waals surface area contributed by atoms with Gasteiger partial charge in [-0.1, -0.05) is 358 Å². The van der Waals surface area contributed by atoms with Crippen molar-refractivity contribution in [2.75, 3.05) is 0 Å². The first-order chi connectivity index (χ1) is 66.8. The molecule has 21 aromatic carbocycles. The van der Waals surface area contributed by atoms with Crippen LogP contribution in [0.1, 0.15) is 0 Å². The molecule has 135 heavy (non-hydrogen) atoms. The second-order valence-electron chi connectivity index (χ2n) is 33.9. The number of fused-ring (bicyclic) bond motifs is 15. The summed E-state index contributed by atoms with van der Waals surface area (Å²) in [4.78, 5) is 44.9. The fourth-order valence-electron chi connectivity index (χ4n) is 18.7. The lowest BCUT2D eigenvalue weighted by molar-refractivity contribution is 0.668. The Hall–Kier alpha value is -18.4. The average Bonchev–Trinajstić information content (AvgIpc) is 1.75. The summed E-state index contributed by atoms with van der Waals surface area (Å²) in [5.41, 5.74) is 20.7. The van der Waals surface area contributed by atoms with Crippen molar-refractivity contribution in [3.8, 4) is 136 Å². The van der Waals surface area contributed by atoms with Crippen LogP contribution in [0, 0.1) is 0 Å². The van der Waals surface area contributed by atoms with E-state index in [0.717, 1.165) is 176 Å². The van der Waals surface area contributed by atoms with Gasteiger partial charge < -0.3 is 13.3 Å². The molecular formula is C123H75N9O3. The van der Waals surface area contributed by atoms with E-state index in [9.17, 15) is 0 Å². The minimum atomic E-state index is 0.623. The third kappa shape index (κ3) is 15.1. The van der Waals surface area contributed by atoms with Gasteiger partial charge in [-0.15, -0.1) is 0 Å². The molecule has 0 N–H and O–H groups in total. The summed E-state index contributed by atoms with van der Waals surface area (Å²) >= 11 is 0. The normalized spacial score (nSPS) is 11.6. The minimum Gasteiger partial charge on any atom is -0.456 e. The highest BCUT2D eigenvalue weighted by atomic mass is 16.3. The van der Waals surface area contributed by atoms with Crippen LogP contribution in [0.15, 0.2) is 468 Å². The van der Waals surface area contributed by atoms with Gasteiger partial charge in [0.15, 0.2) is 52.4 Å². The minimum absolute atomic E-state index is 0.623. The van der Waals surface area contributed by atoms with Crippen molar-refractivity contribution in [1.82, 2.24) is 44.9 Å². The second-order valence-corrected chi connectivity index (χ2v) is 33.9. The Morgan fingerprint density at radius 1 is 0.111 bits per heavy atom. The van der Waals surface area contributed by atoms with Gasteiger partial charge in [-0.25, -0.2) is 44.9 Å². The van der Waals surface area contributed by atoms with Gasteiger partial charge in [0, 0.05) is 82.4 Å². The smallest absolute Gasteiger partial charge is 0.164 e. The van der Waals surface area contributed by atoms with Crippen LogP contribution in [0.5, 0.6) is 0 Å². The van der Waals surface area contributed by atoms with Crippen molar-refractivity contribution in [3.05, 3.63) is 455 Å². The summed E-state index contributed by atoms with van der Waals surface area (Å²) in [5, 5.41) is 20.6. The molecule has 27 rings (SSSR count). The van der Waals surface area contributed by atoms with Gasteiger partial charge in [0.2, 0.25) is 0 Å². The Bertz CT molecular complexity index is 9200. The summed E-state index contributed by atoms with van der Waals surface area (Å²) in [5.74, 6) is 5.81. The third-order valence-corrected chi connectivity index (χ3v) is 25.5. The highest BCUT2D eigenvalue weighted by molar-refractivity contribution is 6.12. The SMILES string of the molecule is c1ccc(-c2nc(-c3ccc4ccccc4c3)nc(-c3ccc4c(-c5ccc6oc7ccccc7c6c5)cccc4c3)n2)cc1.c1ccc(-c2nc(-c3ccccc3)nc(-c3ccc4c(-c5ccc6oc7ccccc7c6c5)cccc4c3)n2)cc1.c1ccc2cc(-c3nc(-c4ccc5ccccc5c4)nc(-c4cc(-c5ccc6c(c5)oc5ccccc56)c5ccccc5c4)n3)ccc2c1. The number of benzene rings is 21. The molecule has 0 atom stereocenters. The maximum absolute atomic E-state index is 6.30. The number of aromatic nitrogens is 9. The lowest BCUT2D eigenvalue weighted by Gasteiger charge is -2.13. The molecule has 0 saturated heterocycles. The number of rotatable bonds is 12.